The zero-order chi connectivity index (χ0) is 27.3. The normalized spacial score (nSPS) is 52.1. The first-order valence-corrected chi connectivity index (χ1v) is 19.4. The third-order valence-corrected chi connectivity index (χ3v) is 16.8. The molecule has 6 saturated carbocycles. The summed E-state index contributed by atoms with van der Waals surface area (Å²) in [5, 5.41) is 0.632. The van der Waals surface area contributed by atoms with Gasteiger partial charge in [-0.2, -0.15) is 25.3 Å². The average molecular weight is 573 g/mol. The minimum atomic E-state index is 0.491. The van der Waals surface area contributed by atoms with Gasteiger partial charge in [-0.05, 0) is 146 Å². The molecule has 6 bridgehead atoms. The molecule has 0 spiro atoms. The number of hydrogen-bond donors (Lipinski definition) is 2. The molecule has 0 saturated heterocycles. The standard InChI is InChI=1S/C37H64S2/c1-4-6-10-28-15-14-27-9-7-13-32(34(39)22-27)33-24-37(35(5-2)20-18-26(35)3)21-19-31(23-36(33,37)25-38)30-12-8-11-29(28)16-17-30/h26-34,38-39H,4-25H2,1-3H3. The average Bonchev–Trinajstić information content (AvgIpc) is 3.28. The quantitative estimate of drug-likeness (QED) is 0.291. The van der Waals surface area contributed by atoms with Crippen LogP contribution >= 0.6 is 25.3 Å². The van der Waals surface area contributed by atoms with Crippen LogP contribution in [0, 0.1) is 63.6 Å². The van der Waals surface area contributed by atoms with Gasteiger partial charge in [-0.1, -0.05) is 78.6 Å². The molecule has 6 aliphatic carbocycles. The van der Waals surface area contributed by atoms with Crippen LogP contribution in [-0.4, -0.2) is 11.0 Å². The molecule has 0 aromatic rings. The number of fused-ring (bicyclic) bond motifs is 9. The van der Waals surface area contributed by atoms with Gasteiger partial charge in [-0.3, -0.25) is 0 Å². The lowest BCUT2D eigenvalue weighted by Crippen LogP contribution is -2.73. The summed E-state index contributed by atoms with van der Waals surface area (Å²) in [5.74, 6) is 8.80. The zero-order valence-corrected chi connectivity index (χ0v) is 27.9. The molecule has 2 heteroatoms. The van der Waals surface area contributed by atoms with Crippen LogP contribution in [0.2, 0.25) is 0 Å². The predicted molar refractivity (Wildman–Crippen MR) is 176 cm³/mol. The lowest BCUT2D eigenvalue weighted by molar-refractivity contribution is -0.296. The van der Waals surface area contributed by atoms with E-state index in [1.807, 2.05) is 0 Å². The highest BCUT2D eigenvalue weighted by molar-refractivity contribution is 7.81. The summed E-state index contributed by atoms with van der Waals surface area (Å²) in [6, 6.07) is 0. The SMILES string of the molecule is CCCCC1CCC2CCCC(C(S)C2)C2CC3(C4(CC)CCC4C)CCC(CC23CS)C2CCCC1CC2. The Bertz CT molecular complexity index is 820. The van der Waals surface area contributed by atoms with Gasteiger partial charge in [0.2, 0.25) is 0 Å². The summed E-state index contributed by atoms with van der Waals surface area (Å²) in [7, 11) is 0. The second-order valence-corrected chi connectivity index (χ2v) is 17.4. The molecule has 0 aromatic carbocycles. The van der Waals surface area contributed by atoms with E-state index in [9.17, 15) is 0 Å². The van der Waals surface area contributed by atoms with Gasteiger partial charge >= 0.3 is 0 Å². The van der Waals surface area contributed by atoms with Crippen molar-refractivity contribution in [1.29, 1.82) is 0 Å². The lowest BCUT2D eigenvalue weighted by atomic mass is 9.26. The van der Waals surface area contributed by atoms with Gasteiger partial charge in [0.05, 0.1) is 0 Å². The smallest absolute Gasteiger partial charge is 0.00505 e. The Balaban J connectivity index is 1.36. The van der Waals surface area contributed by atoms with Crippen molar-refractivity contribution in [1.82, 2.24) is 0 Å². The molecular weight excluding hydrogens is 509 g/mol. The Labute approximate surface area is 254 Å². The molecule has 6 rings (SSSR count). The minimum Gasteiger partial charge on any atom is -0.179 e. The van der Waals surface area contributed by atoms with Crippen LogP contribution in [0.15, 0.2) is 0 Å². The number of thiol groups is 2. The van der Waals surface area contributed by atoms with Crippen LogP contribution in [-0.2, 0) is 0 Å². The molecule has 0 aliphatic heterocycles. The first-order chi connectivity index (χ1) is 18.9. The van der Waals surface area contributed by atoms with Gasteiger partial charge in [0, 0.05) is 5.25 Å². The van der Waals surface area contributed by atoms with Gasteiger partial charge in [-0.15, -0.1) is 0 Å². The third kappa shape index (κ3) is 4.75. The summed E-state index contributed by atoms with van der Waals surface area (Å²) in [4.78, 5) is 0. The topological polar surface area (TPSA) is 0 Å². The number of hydrogen-bond acceptors (Lipinski definition) is 2. The Morgan fingerprint density at radius 3 is 2.26 bits per heavy atom. The molecule has 0 radical (unpaired) electrons. The minimum absolute atomic E-state index is 0.491. The molecule has 0 amide bonds. The molecule has 6 aliphatic rings. The molecule has 12 unspecified atom stereocenters. The van der Waals surface area contributed by atoms with Crippen molar-refractivity contribution in [3.05, 3.63) is 0 Å². The fraction of sp³-hybridized carbons (Fsp3) is 1.00. The molecule has 6 fully saturated rings. The highest BCUT2D eigenvalue weighted by atomic mass is 32.1. The summed E-state index contributed by atoms with van der Waals surface area (Å²) >= 11 is 11.0. The van der Waals surface area contributed by atoms with E-state index in [0.717, 1.165) is 53.1 Å². The second-order valence-electron chi connectivity index (χ2n) is 16.4. The van der Waals surface area contributed by atoms with Gasteiger partial charge in [0.25, 0.3) is 0 Å². The van der Waals surface area contributed by atoms with E-state index in [1.165, 1.54) is 96.3 Å². The summed E-state index contributed by atoms with van der Waals surface area (Å²) in [6.07, 6.45) is 31.5. The first kappa shape index (κ1) is 29.8. The van der Waals surface area contributed by atoms with Crippen LogP contribution in [0.4, 0.5) is 0 Å². The monoisotopic (exact) mass is 572 g/mol. The largest absolute Gasteiger partial charge is 0.179 e. The molecule has 0 N–H and O–H groups in total. The third-order valence-electron chi connectivity index (χ3n) is 15.6. The fourth-order valence-corrected chi connectivity index (χ4v) is 14.7. The van der Waals surface area contributed by atoms with Crippen LogP contribution in [0.3, 0.4) is 0 Å². The number of unbranched alkanes of at least 4 members (excludes halogenated alkanes) is 1. The fourth-order valence-electron chi connectivity index (χ4n) is 13.3. The van der Waals surface area contributed by atoms with Crippen molar-refractivity contribution in [2.24, 2.45) is 63.6 Å². The van der Waals surface area contributed by atoms with Crippen molar-refractivity contribution >= 4 is 25.3 Å². The van der Waals surface area contributed by atoms with E-state index in [0.29, 0.717) is 21.5 Å². The maximum Gasteiger partial charge on any atom is 0.00505 e. The second kappa shape index (κ2) is 12.0. The summed E-state index contributed by atoms with van der Waals surface area (Å²) < 4.78 is 0. The van der Waals surface area contributed by atoms with Gasteiger partial charge < -0.3 is 0 Å². The summed E-state index contributed by atoms with van der Waals surface area (Å²) in [6.45, 7) is 7.62. The van der Waals surface area contributed by atoms with Crippen molar-refractivity contribution in [2.75, 3.05) is 5.75 Å². The molecule has 0 nitrogen and oxygen atoms in total. The Morgan fingerprint density at radius 2 is 1.54 bits per heavy atom. The van der Waals surface area contributed by atoms with E-state index in [2.05, 4.69) is 20.8 Å². The van der Waals surface area contributed by atoms with E-state index in [-0.39, 0.29) is 0 Å². The Morgan fingerprint density at radius 1 is 0.744 bits per heavy atom. The molecule has 0 aromatic heterocycles. The van der Waals surface area contributed by atoms with E-state index in [4.69, 9.17) is 25.3 Å². The van der Waals surface area contributed by atoms with E-state index >= 15 is 0 Å². The maximum absolute atomic E-state index is 5.54. The van der Waals surface area contributed by atoms with Crippen LogP contribution in [0.1, 0.15) is 156 Å². The van der Waals surface area contributed by atoms with Gasteiger partial charge in [0.1, 0.15) is 0 Å². The Kier molecular flexibility index (Phi) is 9.16. The highest BCUT2D eigenvalue weighted by Gasteiger charge is 2.75. The van der Waals surface area contributed by atoms with Crippen LogP contribution in [0.5, 0.6) is 0 Å². The van der Waals surface area contributed by atoms with Crippen molar-refractivity contribution < 1.29 is 0 Å². The van der Waals surface area contributed by atoms with E-state index < -0.39 is 0 Å². The number of rotatable bonds is 6. The predicted octanol–water partition coefficient (Wildman–Crippen LogP) is 11.4. The van der Waals surface area contributed by atoms with Crippen LogP contribution in [0.25, 0.3) is 0 Å². The molecule has 39 heavy (non-hydrogen) atoms. The van der Waals surface area contributed by atoms with Crippen molar-refractivity contribution in [2.45, 2.75) is 161 Å². The molecular formula is C37H64S2. The molecule has 224 valence electrons. The highest BCUT2D eigenvalue weighted by Crippen LogP contribution is 2.82. The summed E-state index contributed by atoms with van der Waals surface area (Å²) in [5.41, 5.74) is 1.69. The lowest BCUT2D eigenvalue weighted by Gasteiger charge is -2.79. The Hall–Kier alpha value is 0.700. The first-order valence-electron chi connectivity index (χ1n) is 18.2. The molecule has 0 heterocycles. The maximum atomic E-state index is 5.54. The van der Waals surface area contributed by atoms with Crippen molar-refractivity contribution in [3.63, 3.8) is 0 Å². The van der Waals surface area contributed by atoms with Crippen LogP contribution < -0.4 is 0 Å². The van der Waals surface area contributed by atoms with Gasteiger partial charge in [0.15, 0.2) is 0 Å². The van der Waals surface area contributed by atoms with Gasteiger partial charge in [-0.25, -0.2) is 0 Å². The van der Waals surface area contributed by atoms with Crippen molar-refractivity contribution in [3.8, 4) is 0 Å². The zero-order valence-electron chi connectivity index (χ0n) is 26.1. The van der Waals surface area contributed by atoms with E-state index in [1.54, 1.807) is 38.5 Å². The molecule has 12 atom stereocenters.